The zero-order valence-electron chi connectivity index (χ0n) is 14.3. The largest absolute Gasteiger partial charge is 0.459 e. The lowest BCUT2D eigenvalue weighted by molar-refractivity contribution is -0.145. The lowest BCUT2D eigenvalue weighted by Gasteiger charge is -2.25. The van der Waals surface area contributed by atoms with Crippen LogP contribution in [0.15, 0.2) is 0 Å². The molecule has 0 spiro atoms. The Bertz CT molecular complexity index is 493. The molecule has 2 aliphatic carbocycles. The standard InChI is InChI=1S/C18H29NO3/c1-17-7-6-12-13(10-19(3)4)16(20)21-14(12)15-18(2,22-15)8-5-11(17)9-17/h11-15H,5-10H2,1-4H3/t11?,12-,13?,14-,15-,17-,18+/m0/s1. The highest BCUT2D eigenvalue weighted by atomic mass is 16.6. The van der Waals surface area contributed by atoms with E-state index in [1.807, 2.05) is 14.1 Å². The molecule has 4 heteroatoms. The van der Waals surface area contributed by atoms with Gasteiger partial charge >= 0.3 is 5.97 Å². The quantitative estimate of drug-likeness (QED) is 0.580. The van der Waals surface area contributed by atoms with Crippen LogP contribution in [0.25, 0.3) is 0 Å². The van der Waals surface area contributed by atoms with Crippen LogP contribution in [0.5, 0.6) is 0 Å². The van der Waals surface area contributed by atoms with Crippen LogP contribution in [0.2, 0.25) is 0 Å². The lowest BCUT2D eigenvalue weighted by Crippen LogP contribution is -2.34. The van der Waals surface area contributed by atoms with Gasteiger partial charge in [0.2, 0.25) is 0 Å². The molecule has 2 saturated heterocycles. The van der Waals surface area contributed by atoms with Crippen molar-refractivity contribution in [3.8, 4) is 0 Å². The van der Waals surface area contributed by atoms with E-state index in [-0.39, 0.29) is 29.7 Å². The number of carbonyl (C=O) groups is 1. The Labute approximate surface area is 133 Å². The molecular weight excluding hydrogens is 278 g/mol. The van der Waals surface area contributed by atoms with Crippen molar-refractivity contribution in [1.82, 2.24) is 4.90 Å². The Morgan fingerprint density at radius 2 is 2.00 bits per heavy atom. The molecule has 0 aromatic heterocycles. The minimum Gasteiger partial charge on any atom is -0.459 e. The van der Waals surface area contributed by atoms with Crippen molar-refractivity contribution < 1.29 is 14.3 Å². The Morgan fingerprint density at radius 3 is 2.73 bits per heavy atom. The maximum atomic E-state index is 12.4. The lowest BCUT2D eigenvalue weighted by atomic mass is 9.78. The van der Waals surface area contributed by atoms with Gasteiger partial charge in [-0.15, -0.1) is 0 Å². The normalized spacial score (nSPS) is 53.3. The molecule has 2 heterocycles. The van der Waals surface area contributed by atoms with Crippen LogP contribution in [0, 0.1) is 23.2 Å². The molecule has 2 aliphatic heterocycles. The molecule has 4 aliphatic rings. The van der Waals surface area contributed by atoms with Crippen LogP contribution >= 0.6 is 0 Å². The second-order valence-corrected chi connectivity index (χ2v) is 8.92. The summed E-state index contributed by atoms with van der Waals surface area (Å²) in [6.07, 6.45) is 6.23. The second kappa shape index (κ2) is 4.70. The SMILES string of the molecule is CN(C)CC1C(=O)O[C@H]2[C@H]1CC[C@@]1(C)CC1CC[C@@]1(C)O[C@@H]21. The van der Waals surface area contributed by atoms with Crippen molar-refractivity contribution in [2.24, 2.45) is 23.2 Å². The molecule has 0 aromatic carbocycles. The van der Waals surface area contributed by atoms with Crippen LogP contribution in [0.1, 0.15) is 46.0 Å². The van der Waals surface area contributed by atoms with E-state index in [4.69, 9.17) is 9.47 Å². The molecule has 7 atom stereocenters. The molecule has 0 aromatic rings. The number of fused-ring (bicyclic) bond motifs is 4. The summed E-state index contributed by atoms with van der Waals surface area (Å²) in [7, 11) is 4.08. The summed E-state index contributed by atoms with van der Waals surface area (Å²) in [4.78, 5) is 14.5. The topological polar surface area (TPSA) is 42.1 Å². The van der Waals surface area contributed by atoms with Crippen molar-refractivity contribution in [3.63, 3.8) is 0 Å². The molecule has 0 amide bonds. The molecular formula is C18H29NO3. The molecule has 4 fully saturated rings. The van der Waals surface area contributed by atoms with Crippen LogP contribution in [-0.4, -0.2) is 49.3 Å². The molecule has 4 nitrogen and oxygen atoms in total. The van der Waals surface area contributed by atoms with Crippen LogP contribution in [-0.2, 0) is 14.3 Å². The Hall–Kier alpha value is -0.610. The first kappa shape index (κ1) is 14.9. The van der Waals surface area contributed by atoms with Gasteiger partial charge in [0.05, 0.1) is 11.5 Å². The number of rotatable bonds is 2. The number of epoxide rings is 1. The number of nitrogens with zero attached hydrogens (tertiary/aromatic N) is 1. The van der Waals surface area contributed by atoms with Crippen molar-refractivity contribution in [2.75, 3.05) is 20.6 Å². The predicted molar refractivity (Wildman–Crippen MR) is 83.4 cm³/mol. The second-order valence-electron chi connectivity index (χ2n) is 8.92. The first-order valence-electron chi connectivity index (χ1n) is 8.85. The fourth-order valence-electron chi connectivity index (χ4n) is 5.06. The highest BCUT2D eigenvalue weighted by molar-refractivity contribution is 5.75. The van der Waals surface area contributed by atoms with Gasteiger partial charge in [-0.3, -0.25) is 4.79 Å². The van der Waals surface area contributed by atoms with Crippen molar-refractivity contribution >= 4 is 5.97 Å². The summed E-state index contributed by atoms with van der Waals surface area (Å²) in [5.74, 6) is 1.22. The van der Waals surface area contributed by atoms with E-state index < -0.39 is 0 Å². The Kier molecular flexibility index (Phi) is 3.19. The first-order valence-corrected chi connectivity index (χ1v) is 8.85. The molecule has 0 N–H and O–H groups in total. The first-order chi connectivity index (χ1) is 10.3. The average Bonchev–Trinajstić information content (AvgIpc) is 3.26. The van der Waals surface area contributed by atoms with Gasteiger partial charge in [-0.05, 0) is 64.5 Å². The zero-order valence-corrected chi connectivity index (χ0v) is 14.3. The van der Waals surface area contributed by atoms with E-state index >= 15 is 0 Å². The van der Waals surface area contributed by atoms with E-state index in [1.54, 1.807) is 0 Å². The van der Waals surface area contributed by atoms with E-state index in [1.165, 1.54) is 19.3 Å². The molecule has 2 saturated carbocycles. The van der Waals surface area contributed by atoms with Gasteiger partial charge in [-0.2, -0.15) is 0 Å². The molecule has 0 radical (unpaired) electrons. The van der Waals surface area contributed by atoms with Gasteiger partial charge in [0.1, 0.15) is 12.2 Å². The smallest absolute Gasteiger partial charge is 0.311 e. The molecule has 0 bridgehead atoms. The highest BCUT2D eigenvalue weighted by Crippen LogP contribution is 2.62. The van der Waals surface area contributed by atoms with Crippen LogP contribution in [0.3, 0.4) is 0 Å². The summed E-state index contributed by atoms with van der Waals surface area (Å²) in [5, 5.41) is 0. The summed E-state index contributed by atoms with van der Waals surface area (Å²) < 4.78 is 11.9. The number of hydrogen-bond acceptors (Lipinski definition) is 4. The highest BCUT2D eigenvalue weighted by Gasteiger charge is 2.64. The molecule has 124 valence electrons. The maximum absolute atomic E-state index is 12.4. The number of ether oxygens (including phenoxy) is 2. The molecule has 22 heavy (non-hydrogen) atoms. The number of esters is 1. The summed E-state index contributed by atoms with van der Waals surface area (Å²) in [6, 6.07) is 0. The van der Waals surface area contributed by atoms with E-state index in [0.29, 0.717) is 11.3 Å². The third-order valence-electron chi connectivity index (χ3n) is 6.87. The number of carbonyl (C=O) groups excluding carboxylic acids is 1. The molecule has 2 unspecified atom stereocenters. The summed E-state index contributed by atoms with van der Waals surface area (Å²) in [6.45, 7) is 5.44. The van der Waals surface area contributed by atoms with Crippen LogP contribution < -0.4 is 0 Å². The minimum absolute atomic E-state index is 0.00158. The minimum atomic E-state index is -0.0446. The van der Waals surface area contributed by atoms with Gasteiger partial charge in [0, 0.05) is 12.5 Å². The Balaban J connectivity index is 1.58. The maximum Gasteiger partial charge on any atom is 0.311 e. The molecule has 4 rings (SSSR count). The summed E-state index contributed by atoms with van der Waals surface area (Å²) >= 11 is 0. The van der Waals surface area contributed by atoms with E-state index in [2.05, 4.69) is 18.7 Å². The van der Waals surface area contributed by atoms with E-state index in [0.717, 1.165) is 25.3 Å². The fourth-order valence-corrected chi connectivity index (χ4v) is 5.06. The van der Waals surface area contributed by atoms with Crippen LogP contribution in [0.4, 0.5) is 0 Å². The van der Waals surface area contributed by atoms with E-state index in [9.17, 15) is 4.79 Å². The third kappa shape index (κ3) is 2.30. The summed E-state index contributed by atoms with van der Waals surface area (Å²) in [5.41, 5.74) is 0.466. The Morgan fingerprint density at radius 1 is 1.23 bits per heavy atom. The van der Waals surface area contributed by atoms with Crippen molar-refractivity contribution in [2.45, 2.75) is 63.8 Å². The fraction of sp³-hybridized carbons (Fsp3) is 0.944. The van der Waals surface area contributed by atoms with Gasteiger partial charge in [0.25, 0.3) is 0 Å². The van der Waals surface area contributed by atoms with Gasteiger partial charge < -0.3 is 14.4 Å². The van der Waals surface area contributed by atoms with Crippen molar-refractivity contribution in [3.05, 3.63) is 0 Å². The van der Waals surface area contributed by atoms with Gasteiger partial charge in [-0.25, -0.2) is 0 Å². The number of hydrogen-bond donors (Lipinski definition) is 0. The zero-order chi connectivity index (χ0) is 15.7. The monoisotopic (exact) mass is 307 g/mol. The van der Waals surface area contributed by atoms with Gasteiger partial charge in [-0.1, -0.05) is 6.92 Å². The average molecular weight is 307 g/mol. The van der Waals surface area contributed by atoms with Crippen molar-refractivity contribution in [1.29, 1.82) is 0 Å². The third-order valence-corrected chi connectivity index (χ3v) is 6.87. The van der Waals surface area contributed by atoms with Gasteiger partial charge in [0.15, 0.2) is 0 Å². The predicted octanol–water partition coefficient (Wildman–Crippen LogP) is 2.46.